The molecule has 0 fully saturated rings. The number of rotatable bonds is 5. The van der Waals surface area contributed by atoms with Gasteiger partial charge in [0.15, 0.2) is 11.6 Å². The van der Waals surface area contributed by atoms with Crippen LogP contribution in [0.25, 0.3) is 0 Å². The predicted molar refractivity (Wildman–Crippen MR) is 53.4 cm³/mol. The molecule has 0 aliphatic carbocycles. The monoisotopic (exact) mass is 234 g/mol. The minimum absolute atomic E-state index is 0.0893. The highest BCUT2D eigenvalue weighted by Crippen LogP contribution is 2.34. The largest absolute Gasteiger partial charge is 0.491 e. The summed E-state index contributed by atoms with van der Waals surface area (Å²) < 4.78 is 28.5. The zero-order valence-electron chi connectivity index (χ0n) is 7.97. The van der Waals surface area contributed by atoms with Crippen LogP contribution >= 0.6 is 7.60 Å². The van der Waals surface area contributed by atoms with Gasteiger partial charge < -0.3 is 14.5 Å². The predicted octanol–water partition coefficient (Wildman–Crippen LogP) is 1.77. The summed E-state index contributed by atoms with van der Waals surface area (Å²) in [6.07, 6.45) is -0.0555. The lowest BCUT2D eigenvalue weighted by Crippen LogP contribution is -2.01. The normalized spacial score (nSPS) is 11.4. The van der Waals surface area contributed by atoms with Gasteiger partial charge in [-0.05, 0) is 18.6 Å². The lowest BCUT2D eigenvalue weighted by molar-refractivity contribution is 0.295. The molecule has 6 heteroatoms. The lowest BCUT2D eigenvalue weighted by Gasteiger charge is -2.07. The molecule has 2 N–H and O–H groups in total. The first-order chi connectivity index (χ1) is 6.99. The molecule has 0 saturated heterocycles. The molecule has 84 valence electrons. The number of para-hydroxylation sites is 1. The Labute approximate surface area is 86.9 Å². The standard InChI is InChI=1S/C9H12FO4P/c10-8-4-1-2-5-9(8)14-6-3-7-15(11,12)13/h1-2,4-5H,3,6-7H2,(H2,11,12,13). The molecule has 0 spiro atoms. The van der Waals surface area contributed by atoms with Crippen molar-refractivity contribution in [1.82, 2.24) is 0 Å². The van der Waals surface area contributed by atoms with Crippen LogP contribution in [-0.4, -0.2) is 22.6 Å². The highest BCUT2D eigenvalue weighted by molar-refractivity contribution is 7.51. The summed E-state index contributed by atoms with van der Waals surface area (Å²) >= 11 is 0. The smallest absolute Gasteiger partial charge is 0.325 e. The molecule has 0 unspecified atom stereocenters. The van der Waals surface area contributed by atoms with E-state index in [2.05, 4.69) is 0 Å². The van der Waals surface area contributed by atoms with Gasteiger partial charge in [0.05, 0.1) is 12.8 Å². The molecule has 0 atom stereocenters. The molecule has 1 aromatic rings. The van der Waals surface area contributed by atoms with Gasteiger partial charge in [-0.3, -0.25) is 4.57 Å². The molecule has 4 nitrogen and oxygen atoms in total. The second kappa shape index (κ2) is 5.26. The number of hydrogen-bond acceptors (Lipinski definition) is 2. The van der Waals surface area contributed by atoms with Gasteiger partial charge in [0.2, 0.25) is 0 Å². The Hall–Kier alpha value is -0.900. The molecule has 0 aromatic heterocycles. The first-order valence-electron chi connectivity index (χ1n) is 4.41. The zero-order chi connectivity index (χ0) is 11.3. The fourth-order valence-electron chi connectivity index (χ4n) is 1.01. The van der Waals surface area contributed by atoms with E-state index in [-0.39, 0.29) is 24.9 Å². The van der Waals surface area contributed by atoms with Crippen LogP contribution in [0.1, 0.15) is 6.42 Å². The van der Waals surface area contributed by atoms with E-state index in [1.165, 1.54) is 18.2 Å². The Morgan fingerprint density at radius 1 is 1.33 bits per heavy atom. The van der Waals surface area contributed by atoms with Crippen LogP contribution < -0.4 is 4.74 Å². The molecule has 0 aliphatic heterocycles. The van der Waals surface area contributed by atoms with Crippen LogP contribution in [0.2, 0.25) is 0 Å². The van der Waals surface area contributed by atoms with Gasteiger partial charge in [0, 0.05) is 0 Å². The SMILES string of the molecule is O=P(O)(O)CCCOc1ccccc1F. The van der Waals surface area contributed by atoms with Crippen LogP contribution in [0, 0.1) is 5.82 Å². The fourth-order valence-corrected chi connectivity index (χ4v) is 1.56. The molecule has 1 rings (SSSR count). The van der Waals surface area contributed by atoms with Gasteiger partial charge in [-0.1, -0.05) is 12.1 Å². The van der Waals surface area contributed by atoms with Crippen molar-refractivity contribution in [2.24, 2.45) is 0 Å². The minimum atomic E-state index is -3.97. The summed E-state index contributed by atoms with van der Waals surface area (Å²) in [5, 5.41) is 0. The maximum Gasteiger partial charge on any atom is 0.325 e. The zero-order valence-corrected chi connectivity index (χ0v) is 8.86. The first-order valence-corrected chi connectivity index (χ1v) is 6.21. The van der Waals surface area contributed by atoms with Gasteiger partial charge in [-0.15, -0.1) is 0 Å². The van der Waals surface area contributed by atoms with E-state index in [1.54, 1.807) is 6.07 Å². The van der Waals surface area contributed by atoms with Crippen LogP contribution in [0.5, 0.6) is 5.75 Å². The van der Waals surface area contributed by atoms with Crippen molar-refractivity contribution in [3.63, 3.8) is 0 Å². The van der Waals surface area contributed by atoms with Gasteiger partial charge in [0.25, 0.3) is 0 Å². The van der Waals surface area contributed by atoms with Crippen LogP contribution in [0.15, 0.2) is 24.3 Å². The Morgan fingerprint density at radius 2 is 2.00 bits per heavy atom. The average molecular weight is 234 g/mol. The van der Waals surface area contributed by atoms with Crippen LogP contribution in [0.3, 0.4) is 0 Å². The summed E-state index contributed by atoms with van der Waals surface area (Å²) in [7, 11) is -3.97. The van der Waals surface area contributed by atoms with Crippen molar-refractivity contribution >= 4 is 7.60 Å². The van der Waals surface area contributed by atoms with E-state index in [9.17, 15) is 8.96 Å². The molecule has 0 saturated carbocycles. The number of benzene rings is 1. The summed E-state index contributed by atoms with van der Waals surface area (Å²) in [6.45, 7) is 0.0893. The maximum absolute atomic E-state index is 13.0. The second-order valence-electron chi connectivity index (χ2n) is 3.02. The van der Waals surface area contributed by atoms with Crippen molar-refractivity contribution in [1.29, 1.82) is 0 Å². The summed E-state index contributed by atoms with van der Waals surface area (Å²) in [6, 6.07) is 5.89. The quantitative estimate of drug-likeness (QED) is 0.601. The topological polar surface area (TPSA) is 66.8 Å². The molecule has 0 radical (unpaired) electrons. The van der Waals surface area contributed by atoms with Gasteiger partial charge in [-0.25, -0.2) is 4.39 Å². The molecule has 0 heterocycles. The highest BCUT2D eigenvalue weighted by atomic mass is 31.2. The highest BCUT2D eigenvalue weighted by Gasteiger charge is 2.11. The average Bonchev–Trinajstić information content (AvgIpc) is 2.13. The summed E-state index contributed by atoms with van der Waals surface area (Å²) in [5.74, 6) is -0.378. The van der Waals surface area contributed by atoms with E-state index in [1.807, 2.05) is 0 Å². The first kappa shape index (κ1) is 12.2. The maximum atomic E-state index is 13.0. The number of hydrogen-bond donors (Lipinski definition) is 2. The van der Waals surface area contributed by atoms with Gasteiger partial charge in [0.1, 0.15) is 0 Å². The van der Waals surface area contributed by atoms with Crippen molar-refractivity contribution in [3.05, 3.63) is 30.1 Å². The molecule has 0 amide bonds. The van der Waals surface area contributed by atoms with Crippen molar-refractivity contribution in [2.45, 2.75) is 6.42 Å². The van der Waals surface area contributed by atoms with Crippen molar-refractivity contribution in [2.75, 3.05) is 12.8 Å². The van der Waals surface area contributed by atoms with E-state index in [0.29, 0.717) is 0 Å². The minimum Gasteiger partial charge on any atom is -0.491 e. The number of halogens is 1. The molecule has 1 aromatic carbocycles. The third-order valence-corrected chi connectivity index (χ3v) is 2.59. The fraction of sp³-hybridized carbons (Fsp3) is 0.333. The lowest BCUT2D eigenvalue weighted by atomic mass is 10.3. The third-order valence-electron chi connectivity index (χ3n) is 1.69. The van der Waals surface area contributed by atoms with Crippen molar-refractivity contribution < 1.29 is 23.5 Å². The second-order valence-corrected chi connectivity index (χ2v) is 4.80. The Balaban J connectivity index is 2.33. The van der Waals surface area contributed by atoms with Crippen molar-refractivity contribution in [3.8, 4) is 5.75 Å². The van der Waals surface area contributed by atoms with E-state index < -0.39 is 13.4 Å². The Morgan fingerprint density at radius 3 is 2.60 bits per heavy atom. The van der Waals surface area contributed by atoms with E-state index in [4.69, 9.17) is 14.5 Å². The summed E-state index contributed by atoms with van der Waals surface area (Å²) in [4.78, 5) is 17.1. The summed E-state index contributed by atoms with van der Waals surface area (Å²) in [5.41, 5.74) is 0. The molecular weight excluding hydrogens is 222 g/mol. The van der Waals surface area contributed by atoms with Gasteiger partial charge >= 0.3 is 7.60 Å². The van der Waals surface area contributed by atoms with E-state index in [0.717, 1.165) is 0 Å². The Bertz CT molecular complexity index is 363. The molecule has 0 aliphatic rings. The number of ether oxygens (including phenoxy) is 1. The molecule has 0 bridgehead atoms. The van der Waals surface area contributed by atoms with Gasteiger partial charge in [-0.2, -0.15) is 0 Å². The Kier molecular flexibility index (Phi) is 4.27. The van der Waals surface area contributed by atoms with Crippen LogP contribution in [0.4, 0.5) is 4.39 Å². The van der Waals surface area contributed by atoms with E-state index >= 15 is 0 Å². The third kappa shape index (κ3) is 4.93. The molecular formula is C9H12FO4P. The molecule has 15 heavy (non-hydrogen) atoms. The van der Waals surface area contributed by atoms with Crippen LogP contribution in [-0.2, 0) is 4.57 Å².